The summed E-state index contributed by atoms with van der Waals surface area (Å²) in [6, 6.07) is 49.1. The smallest absolute Gasteiger partial charge is 0.255 e. The van der Waals surface area contributed by atoms with Crippen molar-refractivity contribution < 1.29 is 4.79 Å². The number of aromatic nitrogens is 6. The molecule has 8 bridgehead atoms. The molecule has 8 heteroatoms. The van der Waals surface area contributed by atoms with Crippen LogP contribution in [0.15, 0.2) is 164 Å². The molecule has 6 heterocycles. The van der Waals surface area contributed by atoms with Crippen molar-refractivity contribution in [1.29, 1.82) is 0 Å². The Labute approximate surface area is 322 Å². The topological polar surface area (TPSA) is 107 Å². The number of benzene rings is 4. The second kappa shape index (κ2) is 13.9. The van der Waals surface area contributed by atoms with E-state index in [9.17, 15) is 4.79 Å². The van der Waals surface area contributed by atoms with Crippen LogP contribution in [0.4, 0.5) is 5.69 Å². The molecule has 5 aromatic heterocycles. The molecule has 0 saturated carbocycles. The number of para-hydroxylation sites is 1. The molecule has 0 spiro atoms. The molecule has 0 unspecified atom stereocenters. The van der Waals surface area contributed by atoms with E-state index in [1.165, 1.54) is 0 Å². The third-order valence-electron chi connectivity index (χ3n) is 10.3. The standard InChI is InChI=1S/C48H35N7O/c56-48(34-17-15-31(16-18-34)29-55-28-27-49-30-55)54-36-14-8-7-13-35(36)47-43-25-23-41(52-43)45(32-9-3-1-4-10-32)39-21-19-37(50-39)38-20-22-40(51-38)46(33-11-5-2-6-12-33)42-24-26-44(47)53-42/h1-28,30,50,52-53H,29H2,(H,54,56). The van der Waals surface area contributed by atoms with Gasteiger partial charge >= 0.3 is 0 Å². The van der Waals surface area contributed by atoms with Gasteiger partial charge in [-0.3, -0.25) is 4.79 Å². The molecule has 1 amide bonds. The SMILES string of the molecule is O=C(Nc1ccccc1-c1c2ccc([nH]2)c(-c2ccccc2)c2nc(c3ccc([nH]3)c(-c3ccccc3)c3ccc1[nH]3)C=C2)c1ccc(Cn2ccnc2)cc1. The van der Waals surface area contributed by atoms with E-state index in [0.717, 1.165) is 83.4 Å². The predicted octanol–water partition coefficient (Wildman–Crippen LogP) is 11.2. The van der Waals surface area contributed by atoms with Gasteiger partial charge in [0.25, 0.3) is 5.91 Å². The highest BCUT2D eigenvalue weighted by molar-refractivity contribution is 6.09. The second-order valence-electron chi connectivity index (χ2n) is 13.9. The molecule has 1 aliphatic rings. The highest BCUT2D eigenvalue weighted by Gasteiger charge is 2.17. The number of hydrogen-bond donors (Lipinski definition) is 4. The first-order valence-corrected chi connectivity index (χ1v) is 18.6. The second-order valence-corrected chi connectivity index (χ2v) is 13.9. The van der Waals surface area contributed by atoms with Crippen LogP contribution in [0, 0.1) is 0 Å². The van der Waals surface area contributed by atoms with Crippen molar-refractivity contribution >= 4 is 56.8 Å². The first-order chi connectivity index (χ1) is 27.6. The van der Waals surface area contributed by atoms with Crippen molar-refractivity contribution in [3.05, 3.63) is 187 Å². The van der Waals surface area contributed by atoms with Gasteiger partial charge in [0.15, 0.2) is 0 Å². The molecule has 1 aliphatic heterocycles. The Bertz CT molecular complexity index is 3020. The van der Waals surface area contributed by atoms with Crippen LogP contribution in [-0.4, -0.2) is 35.4 Å². The maximum absolute atomic E-state index is 13.9. The number of nitrogens with zero attached hydrogens (tertiary/aromatic N) is 3. The molecule has 0 radical (unpaired) electrons. The number of aromatic amines is 3. The Kier molecular flexibility index (Phi) is 8.18. The number of carbonyl (C=O) groups excluding carboxylic acids is 1. The summed E-state index contributed by atoms with van der Waals surface area (Å²) in [4.78, 5) is 34.5. The summed E-state index contributed by atoms with van der Waals surface area (Å²) >= 11 is 0. The van der Waals surface area contributed by atoms with Crippen LogP contribution in [-0.2, 0) is 6.54 Å². The lowest BCUT2D eigenvalue weighted by molar-refractivity contribution is 0.102. The molecule has 0 atom stereocenters. The van der Waals surface area contributed by atoms with Crippen LogP contribution < -0.4 is 5.32 Å². The Morgan fingerprint density at radius 3 is 1.77 bits per heavy atom. The normalized spacial score (nSPS) is 11.6. The molecule has 56 heavy (non-hydrogen) atoms. The van der Waals surface area contributed by atoms with Gasteiger partial charge in [-0.15, -0.1) is 0 Å². The van der Waals surface area contributed by atoms with Gasteiger partial charge in [-0.05, 0) is 83.4 Å². The van der Waals surface area contributed by atoms with E-state index in [1.54, 1.807) is 12.5 Å². The average Bonchev–Trinajstić information content (AvgIpc) is 4.10. The maximum atomic E-state index is 13.9. The zero-order chi connectivity index (χ0) is 37.4. The highest BCUT2D eigenvalue weighted by Crippen LogP contribution is 2.38. The van der Waals surface area contributed by atoms with Crippen molar-refractivity contribution in [3.63, 3.8) is 0 Å². The van der Waals surface area contributed by atoms with Crippen LogP contribution in [0.3, 0.4) is 0 Å². The number of nitrogens with one attached hydrogen (secondary N) is 4. The molecule has 9 aromatic rings. The zero-order valence-corrected chi connectivity index (χ0v) is 30.2. The van der Waals surface area contributed by atoms with Crippen LogP contribution in [0.5, 0.6) is 0 Å². The summed E-state index contributed by atoms with van der Waals surface area (Å²) in [5.41, 5.74) is 15.6. The largest absolute Gasteiger partial charge is 0.354 e. The summed E-state index contributed by atoms with van der Waals surface area (Å²) in [7, 11) is 0. The van der Waals surface area contributed by atoms with Crippen molar-refractivity contribution in [1.82, 2.24) is 29.5 Å². The lowest BCUT2D eigenvalue weighted by Gasteiger charge is -2.13. The van der Waals surface area contributed by atoms with Gasteiger partial charge in [-0.1, -0.05) is 91.0 Å². The van der Waals surface area contributed by atoms with Crippen LogP contribution in [0.1, 0.15) is 27.3 Å². The summed E-state index contributed by atoms with van der Waals surface area (Å²) in [5, 5.41) is 3.24. The molecule has 10 rings (SSSR count). The van der Waals surface area contributed by atoms with E-state index >= 15 is 0 Å². The average molecular weight is 726 g/mol. The van der Waals surface area contributed by atoms with E-state index < -0.39 is 0 Å². The maximum Gasteiger partial charge on any atom is 0.255 e. The summed E-state index contributed by atoms with van der Waals surface area (Å²) < 4.78 is 2.00. The van der Waals surface area contributed by atoms with E-state index in [0.29, 0.717) is 17.8 Å². The van der Waals surface area contributed by atoms with Crippen LogP contribution in [0.25, 0.3) is 78.6 Å². The van der Waals surface area contributed by atoms with Crippen molar-refractivity contribution in [2.24, 2.45) is 0 Å². The van der Waals surface area contributed by atoms with Gasteiger partial charge in [0.05, 0.1) is 23.2 Å². The molecule has 0 aliphatic carbocycles. The fourth-order valence-electron chi connectivity index (χ4n) is 7.61. The van der Waals surface area contributed by atoms with Crippen LogP contribution >= 0.6 is 0 Å². The minimum atomic E-state index is -0.191. The fraction of sp³-hybridized carbons (Fsp3) is 0.0208. The van der Waals surface area contributed by atoms with E-state index in [-0.39, 0.29) is 5.91 Å². The van der Waals surface area contributed by atoms with Gasteiger partial charge < -0.3 is 24.8 Å². The first-order valence-electron chi connectivity index (χ1n) is 18.6. The molecular weight excluding hydrogens is 691 g/mol. The summed E-state index contributed by atoms with van der Waals surface area (Å²) in [5.74, 6) is -0.191. The van der Waals surface area contributed by atoms with Gasteiger partial charge in [-0.2, -0.15) is 0 Å². The number of anilines is 1. The minimum Gasteiger partial charge on any atom is -0.354 e. The number of rotatable bonds is 7. The monoisotopic (exact) mass is 725 g/mol. The number of amides is 1. The van der Waals surface area contributed by atoms with E-state index in [4.69, 9.17) is 4.98 Å². The molecule has 4 N–H and O–H groups in total. The third kappa shape index (κ3) is 6.15. The lowest BCUT2D eigenvalue weighted by atomic mass is 10.0. The number of carbonyl (C=O) groups is 1. The highest BCUT2D eigenvalue weighted by atomic mass is 16.1. The van der Waals surface area contributed by atoms with Crippen molar-refractivity contribution in [2.75, 3.05) is 5.32 Å². The predicted molar refractivity (Wildman–Crippen MR) is 227 cm³/mol. The minimum absolute atomic E-state index is 0.191. The quantitative estimate of drug-likeness (QED) is 0.131. The lowest BCUT2D eigenvalue weighted by Crippen LogP contribution is -2.12. The van der Waals surface area contributed by atoms with Gasteiger partial charge in [0.1, 0.15) is 0 Å². The number of imidazole rings is 1. The third-order valence-corrected chi connectivity index (χ3v) is 10.3. The van der Waals surface area contributed by atoms with Gasteiger partial charge in [0.2, 0.25) is 0 Å². The summed E-state index contributed by atoms with van der Waals surface area (Å²) in [6.07, 6.45) is 9.63. The molecular formula is C48H35N7O. The molecule has 0 saturated heterocycles. The molecule has 0 fully saturated rings. The van der Waals surface area contributed by atoms with Crippen molar-refractivity contribution in [2.45, 2.75) is 6.54 Å². The van der Waals surface area contributed by atoms with E-state index in [1.807, 2.05) is 77.5 Å². The number of hydrogen-bond acceptors (Lipinski definition) is 3. The fourth-order valence-corrected chi connectivity index (χ4v) is 7.61. The zero-order valence-electron chi connectivity index (χ0n) is 30.2. The van der Waals surface area contributed by atoms with Crippen molar-refractivity contribution in [3.8, 4) is 33.4 Å². The van der Waals surface area contributed by atoms with Gasteiger partial charge in [-0.25, -0.2) is 9.97 Å². The number of H-pyrrole nitrogens is 3. The Morgan fingerprint density at radius 1 is 0.554 bits per heavy atom. The molecule has 268 valence electrons. The molecule has 8 nitrogen and oxygen atoms in total. The Hall–Kier alpha value is -7.71. The Balaban J connectivity index is 1.20. The number of fused-ring (bicyclic) bond motifs is 9. The van der Waals surface area contributed by atoms with Gasteiger partial charge in [0, 0.05) is 80.0 Å². The Morgan fingerprint density at radius 2 is 1.11 bits per heavy atom. The van der Waals surface area contributed by atoms with Crippen LogP contribution in [0.2, 0.25) is 0 Å². The summed E-state index contributed by atoms with van der Waals surface area (Å²) in [6.45, 7) is 0.681. The first kappa shape index (κ1) is 32.9. The van der Waals surface area contributed by atoms with E-state index in [2.05, 4.69) is 116 Å². The molecule has 4 aromatic carbocycles.